The Morgan fingerprint density at radius 1 is 1.44 bits per heavy atom. The van der Waals surface area contributed by atoms with Gasteiger partial charge in [-0.1, -0.05) is 13.8 Å². The van der Waals surface area contributed by atoms with Gasteiger partial charge in [0.1, 0.15) is 0 Å². The Balaban J connectivity index is 2.26. The smallest absolute Gasteiger partial charge is 0.0478 e. The maximum Gasteiger partial charge on any atom is 0.0478 e. The second-order valence-electron chi connectivity index (χ2n) is 5.15. The summed E-state index contributed by atoms with van der Waals surface area (Å²) in [5.41, 5.74) is 0. The number of nitrogens with one attached hydrogen (secondary N) is 1. The molecule has 0 aromatic carbocycles. The van der Waals surface area contributed by atoms with Gasteiger partial charge in [-0.05, 0) is 26.2 Å². The minimum absolute atomic E-state index is 0.656. The summed E-state index contributed by atoms with van der Waals surface area (Å²) in [6.45, 7) is 14.2. The van der Waals surface area contributed by atoms with E-state index in [2.05, 4.69) is 37.9 Å². The largest absolute Gasteiger partial charge is 0.382 e. The first kappa shape index (κ1) is 13.9. The Morgan fingerprint density at radius 3 is 2.81 bits per heavy atom. The van der Waals surface area contributed by atoms with Crippen LogP contribution in [-0.4, -0.2) is 49.8 Å². The first-order valence-corrected chi connectivity index (χ1v) is 6.70. The third-order valence-corrected chi connectivity index (χ3v) is 3.47. The van der Waals surface area contributed by atoms with Gasteiger partial charge in [0.2, 0.25) is 0 Å². The highest BCUT2D eigenvalue weighted by molar-refractivity contribution is 4.85. The van der Waals surface area contributed by atoms with Crippen LogP contribution < -0.4 is 5.32 Å². The molecule has 0 aromatic rings. The van der Waals surface area contributed by atoms with E-state index < -0.39 is 0 Å². The summed E-state index contributed by atoms with van der Waals surface area (Å²) in [4.78, 5) is 2.60. The van der Waals surface area contributed by atoms with Crippen molar-refractivity contribution in [1.29, 1.82) is 0 Å². The molecule has 0 aromatic heterocycles. The van der Waals surface area contributed by atoms with Gasteiger partial charge in [-0.25, -0.2) is 0 Å². The van der Waals surface area contributed by atoms with E-state index in [0.29, 0.717) is 12.1 Å². The first-order chi connectivity index (χ1) is 7.65. The van der Waals surface area contributed by atoms with Crippen LogP contribution in [0.5, 0.6) is 0 Å². The van der Waals surface area contributed by atoms with Crippen molar-refractivity contribution in [2.45, 2.75) is 46.2 Å². The molecule has 1 aliphatic rings. The zero-order chi connectivity index (χ0) is 12.0. The average Bonchev–Trinajstić information content (AvgIpc) is 2.26. The molecule has 2 unspecified atom stereocenters. The third-order valence-electron chi connectivity index (χ3n) is 3.47. The van der Waals surface area contributed by atoms with Crippen LogP contribution in [0.2, 0.25) is 0 Å². The van der Waals surface area contributed by atoms with Crippen molar-refractivity contribution in [1.82, 2.24) is 10.2 Å². The van der Waals surface area contributed by atoms with Crippen LogP contribution >= 0.6 is 0 Å². The maximum absolute atomic E-state index is 5.39. The van der Waals surface area contributed by atoms with Crippen LogP contribution in [0.15, 0.2) is 0 Å². The van der Waals surface area contributed by atoms with E-state index in [0.717, 1.165) is 32.1 Å². The Kier molecular flexibility index (Phi) is 6.32. The van der Waals surface area contributed by atoms with Crippen LogP contribution in [-0.2, 0) is 4.74 Å². The highest BCUT2D eigenvalue weighted by Crippen LogP contribution is 2.12. The maximum atomic E-state index is 5.39. The molecule has 0 amide bonds. The van der Waals surface area contributed by atoms with E-state index >= 15 is 0 Å². The summed E-state index contributed by atoms with van der Waals surface area (Å²) in [5, 5.41) is 3.63. The summed E-state index contributed by atoms with van der Waals surface area (Å²) < 4.78 is 5.39. The molecule has 0 bridgehead atoms. The van der Waals surface area contributed by atoms with Gasteiger partial charge in [0.25, 0.3) is 0 Å². The SMILES string of the molecule is CCOCCCN1CC(C(C)C)NCC1C. The molecule has 0 saturated carbocycles. The summed E-state index contributed by atoms with van der Waals surface area (Å²) in [7, 11) is 0. The average molecular weight is 228 g/mol. The van der Waals surface area contributed by atoms with Crippen LogP contribution in [0.3, 0.4) is 0 Å². The normalized spacial score (nSPS) is 27.6. The molecule has 3 heteroatoms. The second-order valence-corrected chi connectivity index (χ2v) is 5.15. The van der Waals surface area contributed by atoms with Gasteiger partial charge < -0.3 is 10.1 Å². The van der Waals surface area contributed by atoms with Crippen molar-refractivity contribution in [3.63, 3.8) is 0 Å². The quantitative estimate of drug-likeness (QED) is 0.701. The van der Waals surface area contributed by atoms with Gasteiger partial charge in [0.15, 0.2) is 0 Å². The predicted molar refractivity (Wildman–Crippen MR) is 68.8 cm³/mol. The van der Waals surface area contributed by atoms with Crippen LogP contribution in [0.1, 0.15) is 34.1 Å². The standard InChI is InChI=1S/C13H28N2O/c1-5-16-8-6-7-15-10-13(11(2)3)14-9-12(15)4/h11-14H,5-10H2,1-4H3. The van der Waals surface area contributed by atoms with E-state index in [9.17, 15) is 0 Å². The highest BCUT2D eigenvalue weighted by atomic mass is 16.5. The summed E-state index contributed by atoms with van der Waals surface area (Å²) in [5.74, 6) is 0.724. The summed E-state index contributed by atoms with van der Waals surface area (Å²) in [6.07, 6.45) is 1.16. The molecule has 1 heterocycles. The molecule has 3 nitrogen and oxygen atoms in total. The number of ether oxygens (including phenoxy) is 1. The van der Waals surface area contributed by atoms with E-state index in [4.69, 9.17) is 4.74 Å². The molecular formula is C13H28N2O. The summed E-state index contributed by atoms with van der Waals surface area (Å²) in [6, 6.07) is 1.32. The van der Waals surface area contributed by atoms with Gasteiger partial charge in [0, 0.05) is 44.9 Å². The first-order valence-electron chi connectivity index (χ1n) is 6.70. The monoisotopic (exact) mass is 228 g/mol. The third kappa shape index (κ3) is 4.40. The van der Waals surface area contributed by atoms with Gasteiger partial charge >= 0.3 is 0 Å². The lowest BCUT2D eigenvalue weighted by Crippen LogP contribution is -2.57. The van der Waals surface area contributed by atoms with Gasteiger partial charge in [-0.3, -0.25) is 4.90 Å². The molecule has 2 atom stereocenters. The number of nitrogens with zero attached hydrogens (tertiary/aromatic N) is 1. The molecular weight excluding hydrogens is 200 g/mol. The van der Waals surface area contributed by atoms with Crippen molar-refractivity contribution in [3.8, 4) is 0 Å². The molecule has 96 valence electrons. The number of hydrogen-bond acceptors (Lipinski definition) is 3. The zero-order valence-corrected chi connectivity index (χ0v) is 11.3. The molecule has 1 aliphatic heterocycles. The fourth-order valence-corrected chi connectivity index (χ4v) is 2.22. The van der Waals surface area contributed by atoms with E-state index in [1.807, 2.05) is 0 Å². The highest BCUT2D eigenvalue weighted by Gasteiger charge is 2.25. The molecule has 0 aliphatic carbocycles. The molecule has 1 saturated heterocycles. The number of hydrogen-bond donors (Lipinski definition) is 1. The van der Waals surface area contributed by atoms with Crippen molar-refractivity contribution in [3.05, 3.63) is 0 Å². The zero-order valence-electron chi connectivity index (χ0n) is 11.3. The fraction of sp³-hybridized carbons (Fsp3) is 1.00. The Bertz CT molecular complexity index is 185. The van der Waals surface area contributed by atoms with Crippen molar-refractivity contribution < 1.29 is 4.74 Å². The number of piperazine rings is 1. The van der Waals surface area contributed by atoms with E-state index in [1.165, 1.54) is 13.1 Å². The topological polar surface area (TPSA) is 24.5 Å². The van der Waals surface area contributed by atoms with Gasteiger partial charge in [-0.15, -0.1) is 0 Å². The predicted octanol–water partition coefficient (Wildman–Crippen LogP) is 1.73. The lowest BCUT2D eigenvalue weighted by Gasteiger charge is -2.40. The summed E-state index contributed by atoms with van der Waals surface area (Å²) >= 11 is 0. The molecule has 0 radical (unpaired) electrons. The second kappa shape index (κ2) is 7.25. The van der Waals surface area contributed by atoms with Gasteiger partial charge in [-0.2, -0.15) is 0 Å². The molecule has 1 rings (SSSR count). The van der Waals surface area contributed by atoms with Crippen LogP contribution in [0, 0.1) is 5.92 Å². The van der Waals surface area contributed by atoms with Crippen molar-refractivity contribution >= 4 is 0 Å². The minimum Gasteiger partial charge on any atom is -0.382 e. The van der Waals surface area contributed by atoms with E-state index in [-0.39, 0.29) is 0 Å². The minimum atomic E-state index is 0.656. The van der Waals surface area contributed by atoms with Crippen molar-refractivity contribution in [2.75, 3.05) is 32.8 Å². The lowest BCUT2D eigenvalue weighted by atomic mass is 10.00. The van der Waals surface area contributed by atoms with Gasteiger partial charge in [0.05, 0.1) is 0 Å². The number of rotatable bonds is 6. The molecule has 1 N–H and O–H groups in total. The molecule has 0 spiro atoms. The van der Waals surface area contributed by atoms with Crippen molar-refractivity contribution in [2.24, 2.45) is 5.92 Å². The Labute approximate surface area is 101 Å². The lowest BCUT2D eigenvalue weighted by molar-refractivity contribution is 0.0946. The Hall–Kier alpha value is -0.120. The molecule has 1 fully saturated rings. The molecule has 16 heavy (non-hydrogen) atoms. The fourth-order valence-electron chi connectivity index (χ4n) is 2.22. The van der Waals surface area contributed by atoms with Crippen LogP contribution in [0.4, 0.5) is 0 Å². The van der Waals surface area contributed by atoms with Crippen LogP contribution in [0.25, 0.3) is 0 Å². The Morgan fingerprint density at radius 2 is 2.19 bits per heavy atom. The van der Waals surface area contributed by atoms with E-state index in [1.54, 1.807) is 0 Å².